The monoisotopic (exact) mass is 193 g/mol. The second-order valence-electron chi connectivity index (χ2n) is 2.48. The van der Waals surface area contributed by atoms with Gasteiger partial charge in [-0.25, -0.2) is 0 Å². The molecule has 2 N–H and O–H groups in total. The van der Waals surface area contributed by atoms with Gasteiger partial charge >= 0.3 is 0 Å². The van der Waals surface area contributed by atoms with E-state index in [9.17, 15) is 4.79 Å². The summed E-state index contributed by atoms with van der Waals surface area (Å²) in [5.74, 6) is 0.183. The molecule has 0 aromatic carbocycles. The standard InChI is InChI=1S/C4H8S.C3H7NOS/c5-4-2-1-3-4;1-6-2-3(4)5/h4-5H,1-3H2;2H2,1H3,(H2,4,5). The number of amides is 1. The zero-order valence-corrected chi connectivity index (χ0v) is 8.46. The van der Waals surface area contributed by atoms with Crippen LogP contribution in [0.5, 0.6) is 0 Å². The number of nitrogens with two attached hydrogens (primary N) is 1. The van der Waals surface area contributed by atoms with E-state index in [1.54, 1.807) is 0 Å². The van der Waals surface area contributed by atoms with Gasteiger partial charge in [-0.3, -0.25) is 4.79 Å². The van der Waals surface area contributed by atoms with Gasteiger partial charge in [-0.2, -0.15) is 24.4 Å². The van der Waals surface area contributed by atoms with Crippen LogP contribution >= 0.6 is 24.4 Å². The summed E-state index contributed by atoms with van der Waals surface area (Å²) in [6.07, 6.45) is 5.95. The van der Waals surface area contributed by atoms with Crippen LogP contribution in [0.1, 0.15) is 19.3 Å². The third kappa shape index (κ3) is 8.07. The lowest BCUT2D eigenvalue weighted by Crippen LogP contribution is -2.12. The van der Waals surface area contributed by atoms with E-state index in [-0.39, 0.29) is 5.91 Å². The third-order valence-corrected chi connectivity index (χ3v) is 2.45. The predicted molar refractivity (Wildman–Crippen MR) is 54.2 cm³/mol. The molecule has 1 fully saturated rings. The minimum absolute atomic E-state index is 0.248. The Labute approximate surface area is 77.7 Å². The van der Waals surface area contributed by atoms with Crippen LogP contribution in [0.2, 0.25) is 0 Å². The SMILES string of the molecule is CSCC(N)=O.SC1CCC1. The fourth-order valence-electron chi connectivity index (χ4n) is 0.529. The highest BCUT2D eigenvalue weighted by Gasteiger charge is 2.10. The first-order chi connectivity index (χ1) is 5.16. The van der Waals surface area contributed by atoms with Gasteiger partial charge in [-0.1, -0.05) is 6.42 Å². The van der Waals surface area contributed by atoms with E-state index in [0.717, 1.165) is 5.25 Å². The van der Waals surface area contributed by atoms with Crippen molar-refractivity contribution < 1.29 is 4.79 Å². The first-order valence-corrected chi connectivity index (χ1v) is 5.53. The number of hydrogen-bond donors (Lipinski definition) is 2. The molecule has 0 atom stereocenters. The van der Waals surface area contributed by atoms with Crippen molar-refractivity contribution in [2.75, 3.05) is 12.0 Å². The van der Waals surface area contributed by atoms with E-state index < -0.39 is 0 Å². The molecule has 1 amide bonds. The van der Waals surface area contributed by atoms with Gasteiger partial charge in [0.15, 0.2) is 0 Å². The summed E-state index contributed by atoms with van der Waals surface area (Å²) in [7, 11) is 0. The molecule has 11 heavy (non-hydrogen) atoms. The van der Waals surface area contributed by atoms with Gasteiger partial charge < -0.3 is 5.73 Å². The molecule has 0 heterocycles. The molecule has 0 unspecified atom stereocenters. The summed E-state index contributed by atoms with van der Waals surface area (Å²) in [6.45, 7) is 0. The Morgan fingerprint density at radius 3 is 2.18 bits per heavy atom. The molecule has 0 saturated heterocycles. The third-order valence-electron chi connectivity index (χ3n) is 1.36. The van der Waals surface area contributed by atoms with Gasteiger partial charge in [0.05, 0.1) is 5.75 Å². The molecule has 1 saturated carbocycles. The Morgan fingerprint density at radius 1 is 1.73 bits per heavy atom. The van der Waals surface area contributed by atoms with Crippen LogP contribution in [0.3, 0.4) is 0 Å². The smallest absolute Gasteiger partial charge is 0.227 e. The fraction of sp³-hybridized carbons (Fsp3) is 0.857. The second kappa shape index (κ2) is 6.85. The van der Waals surface area contributed by atoms with Crippen molar-refractivity contribution in [3.63, 3.8) is 0 Å². The number of thiol groups is 1. The van der Waals surface area contributed by atoms with Crippen molar-refractivity contribution in [2.45, 2.75) is 24.5 Å². The summed E-state index contributed by atoms with van der Waals surface area (Å²) in [4.78, 5) is 9.80. The molecule has 1 aliphatic rings. The predicted octanol–water partition coefficient (Wildman–Crippen LogP) is 1.30. The molecule has 2 nitrogen and oxygen atoms in total. The molecular formula is C7H15NOS2. The molecule has 0 aliphatic heterocycles. The van der Waals surface area contributed by atoms with Crippen molar-refractivity contribution in [3.05, 3.63) is 0 Å². The molecular weight excluding hydrogens is 178 g/mol. The summed E-state index contributed by atoms with van der Waals surface area (Å²) in [5, 5.41) is 0.759. The topological polar surface area (TPSA) is 43.1 Å². The molecule has 0 radical (unpaired) electrons. The van der Waals surface area contributed by atoms with Gasteiger partial charge in [0.2, 0.25) is 5.91 Å². The lowest BCUT2D eigenvalue weighted by Gasteiger charge is -2.17. The molecule has 0 aromatic heterocycles. The van der Waals surface area contributed by atoms with Crippen molar-refractivity contribution in [1.29, 1.82) is 0 Å². The van der Waals surface area contributed by atoms with Gasteiger partial charge in [0, 0.05) is 5.25 Å². The maximum atomic E-state index is 9.80. The minimum atomic E-state index is -0.248. The van der Waals surface area contributed by atoms with Crippen LogP contribution in [0.25, 0.3) is 0 Å². The zero-order valence-electron chi connectivity index (χ0n) is 6.75. The van der Waals surface area contributed by atoms with Gasteiger partial charge in [-0.05, 0) is 19.1 Å². The van der Waals surface area contributed by atoms with E-state index in [4.69, 9.17) is 5.73 Å². The van der Waals surface area contributed by atoms with Gasteiger partial charge in [-0.15, -0.1) is 0 Å². The van der Waals surface area contributed by atoms with E-state index in [2.05, 4.69) is 12.6 Å². The zero-order chi connectivity index (χ0) is 8.69. The maximum absolute atomic E-state index is 9.80. The van der Waals surface area contributed by atoms with Crippen LogP contribution in [0, 0.1) is 0 Å². The molecule has 0 aromatic rings. The molecule has 4 heteroatoms. The first-order valence-electron chi connectivity index (χ1n) is 3.62. The average Bonchev–Trinajstić information content (AvgIpc) is 1.85. The normalized spacial score (nSPS) is 16.2. The van der Waals surface area contributed by atoms with Crippen molar-refractivity contribution in [1.82, 2.24) is 0 Å². The Bertz CT molecular complexity index is 115. The Balaban J connectivity index is 0.000000183. The Hall–Kier alpha value is 0.170. The van der Waals surface area contributed by atoms with E-state index >= 15 is 0 Å². The van der Waals surface area contributed by atoms with E-state index in [1.165, 1.54) is 31.0 Å². The highest BCUT2D eigenvalue weighted by molar-refractivity contribution is 7.99. The first kappa shape index (κ1) is 11.2. The second-order valence-corrected chi connectivity index (χ2v) is 4.08. The van der Waals surface area contributed by atoms with Crippen molar-refractivity contribution >= 4 is 30.3 Å². The molecule has 0 spiro atoms. The lowest BCUT2D eigenvalue weighted by atomic mass is 10.0. The molecule has 0 bridgehead atoms. The lowest BCUT2D eigenvalue weighted by molar-refractivity contribution is -0.115. The number of hydrogen-bond acceptors (Lipinski definition) is 3. The Morgan fingerprint density at radius 2 is 2.18 bits per heavy atom. The highest BCUT2D eigenvalue weighted by Crippen LogP contribution is 2.22. The number of thioether (sulfide) groups is 1. The number of carbonyl (C=O) groups excluding carboxylic acids is 1. The largest absolute Gasteiger partial charge is 0.369 e. The quantitative estimate of drug-likeness (QED) is 0.649. The van der Waals surface area contributed by atoms with E-state index in [1.807, 2.05) is 6.26 Å². The van der Waals surface area contributed by atoms with E-state index in [0.29, 0.717) is 5.75 Å². The summed E-state index contributed by atoms with van der Waals surface area (Å²) >= 11 is 5.62. The van der Waals surface area contributed by atoms with Gasteiger partial charge in [0.1, 0.15) is 0 Å². The van der Waals surface area contributed by atoms with Crippen LogP contribution < -0.4 is 5.73 Å². The van der Waals surface area contributed by atoms with Crippen LogP contribution in [0.4, 0.5) is 0 Å². The van der Waals surface area contributed by atoms with Gasteiger partial charge in [0.25, 0.3) is 0 Å². The summed E-state index contributed by atoms with van der Waals surface area (Å²) in [6, 6.07) is 0. The highest BCUT2D eigenvalue weighted by atomic mass is 32.2. The average molecular weight is 193 g/mol. The number of carbonyl (C=O) groups is 1. The molecule has 1 aliphatic carbocycles. The summed E-state index contributed by atoms with van der Waals surface area (Å²) < 4.78 is 0. The van der Waals surface area contributed by atoms with Crippen molar-refractivity contribution in [3.8, 4) is 0 Å². The van der Waals surface area contributed by atoms with Crippen LogP contribution in [-0.4, -0.2) is 23.2 Å². The summed E-state index contributed by atoms with van der Waals surface area (Å²) in [5.41, 5.74) is 4.74. The van der Waals surface area contributed by atoms with Crippen molar-refractivity contribution in [2.24, 2.45) is 5.73 Å². The minimum Gasteiger partial charge on any atom is -0.369 e. The Kier molecular flexibility index (Phi) is 6.96. The van der Waals surface area contributed by atoms with Crippen LogP contribution in [-0.2, 0) is 4.79 Å². The maximum Gasteiger partial charge on any atom is 0.227 e. The number of primary amides is 1. The molecule has 66 valence electrons. The molecule has 1 rings (SSSR count). The number of rotatable bonds is 2. The fourth-order valence-corrected chi connectivity index (χ4v) is 1.18. The van der Waals surface area contributed by atoms with Crippen LogP contribution in [0.15, 0.2) is 0 Å².